The molecule has 3 aromatic carbocycles. The first-order valence-electron chi connectivity index (χ1n) is 7.35. The molecule has 0 radical (unpaired) electrons. The van der Waals surface area contributed by atoms with Crippen LogP contribution in [0.4, 0.5) is 8.78 Å². The van der Waals surface area contributed by atoms with Crippen LogP contribution in [0.15, 0.2) is 54.6 Å². The van der Waals surface area contributed by atoms with Gasteiger partial charge in [-0.1, -0.05) is 63.2 Å². The van der Waals surface area contributed by atoms with Crippen molar-refractivity contribution in [1.29, 1.82) is 0 Å². The fourth-order valence-corrected chi connectivity index (χ4v) is 2.53. The van der Waals surface area contributed by atoms with Gasteiger partial charge in [-0.2, -0.15) is 0 Å². The molecule has 0 nitrogen and oxygen atoms in total. The highest BCUT2D eigenvalue weighted by atomic mass is 19.1. The van der Waals surface area contributed by atoms with E-state index in [0.717, 1.165) is 5.56 Å². The molecule has 22 heavy (non-hydrogen) atoms. The third-order valence-corrected chi connectivity index (χ3v) is 3.94. The summed E-state index contributed by atoms with van der Waals surface area (Å²) in [6.07, 6.45) is 0. The van der Waals surface area contributed by atoms with Gasteiger partial charge in [-0.3, -0.25) is 0 Å². The van der Waals surface area contributed by atoms with Crippen LogP contribution in [0.1, 0.15) is 26.3 Å². The van der Waals surface area contributed by atoms with Crippen LogP contribution in [0.3, 0.4) is 0 Å². The predicted molar refractivity (Wildman–Crippen MR) is 88.9 cm³/mol. The van der Waals surface area contributed by atoms with Crippen LogP contribution >= 0.6 is 0 Å². The average molecular weight is 296 g/mol. The second-order valence-corrected chi connectivity index (χ2v) is 6.64. The van der Waals surface area contributed by atoms with Gasteiger partial charge in [0.25, 0.3) is 0 Å². The first-order chi connectivity index (χ1) is 10.4. The lowest BCUT2D eigenvalue weighted by Crippen LogP contribution is -2.11. The summed E-state index contributed by atoms with van der Waals surface area (Å²) in [6, 6.07) is 15.4. The maximum atomic E-state index is 14.6. The van der Waals surface area contributed by atoms with E-state index in [2.05, 4.69) is 20.8 Å². The summed E-state index contributed by atoms with van der Waals surface area (Å²) in [5, 5.41) is 1.90. The highest BCUT2D eigenvalue weighted by Crippen LogP contribution is 2.28. The van der Waals surface area contributed by atoms with Crippen molar-refractivity contribution in [2.45, 2.75) is 26.2 Å². The molecule has 0 heterocycles. The molecular formula is C20H18F2. The Morgan fingerprint density at radius 1 is 0.636 bits per heavy atom. The minimum Gasteiger partial charge on any atom is -0.206 e. The van der Waals surface area contributed by atoms with Crippen molar-refractivity contribution in [2.75, 3.05) is 0 Å². The third kappa shape index (κ3) is 2.61. The first-order valence-corrected chi connectivity index (χ1v) is 7.35. The molecule has 0 saturated carbocycles. The number of benzene rings is 2. The Labute approximate surface area is 129 Å². The zero-order chi connectivity index (χ0) is 15.9. The molecule has 0 aliphatic carbocycles. The van der Waals surface area contributed by atoms with Crippen molar-refractivity contribution < 1.29 is 8.78 Å². The Morgan fingerprint density at radius 2 is 1.05 bits per heavy atom. The lowest BCUT2D eigenvalue weighted by Gasteiger charge is -2.19. The van der Waals surface area contributed by atoms with Crippen molar-refractivity contribution in [3.05, 3.63) is 71.8 Å². The Morgan fingerprint density at radius 3 is 1.50 bits per heavy atom. The van der Waals surface area contributed by atoms with Gasteiger partial charge in [0.2, 0.25) is 0 Å². The molecule has 4 bridgehead atoms. The number of halogens is 2. The fraction of sp³-hybridized carbons (Fsp3) is 0.200. The van der Waals surface area contributed by atoms with Crippen LogP contribution in [0.2, 0.25) is 0 Å². The lowest BCUT2D eigenvalue weighted by atomic mass is 9.85. The molecule has 2 heteroatoms. The number of fused-ring (bicyclic) bond motifs is 4. The summed E-state index contributed by atoms with van der Waals surface area (Å²) in [7, 11) is 0. The van der Waals surface area contributed by atoms with Gasteiger partial charge in [0.1, 0.15) is 11.6 Å². The summed E-state index contributed by atoms with van der Waals surface area (Å²) >= 11 is 0. The Bertz CT molecular complexity index is 826. The molecular weight excluding hydrogens is 278 g/mol. The molecule has 3 aromatic rings. The number of rotatable bonds is 0. The van der Waals surface area contributed by atoms with E-state index in [-0.39, 0.29) is 17.0 Å². The van der Waals surface area contributed by atoms with Crippen molar-refractivity contribution in [3.63, 3.8) is 0 Å². The van der Waals surface area contributed by atoms with Crippen LogP contribution in [-0.4, -0.2) is 0 Å². The number of hydrogen-bond acceptors (Lipinski definition) is 0. The van der Waals surface area contributed by atoms with Crippen LogP contribution in [-0.2, 0) is 5.41 Å². The Balaban J connectivity index is 2.48. The molecule has 0 unspecified atom stereocenters. The second kappa shape index (κ2) is 5.20. The Hall–Kier alpha value is -2.22. The summed E-state index contributed by atoms with van der Waals surface area (Å²) in [5.41, 5.74) is 0.973. The quantitative estimate of drug-likeness (QED) is 0.468. The van der Waals surface area contributed by atoms with Crippen molar-refractivity contribution >= 4 is 21.5 Å². The van der Waals surface area contributed by atoms with Crippen LogP contribution in [0, 0.1) is 11.6 Å². The van der Waals surface area contributed by atoms with Gasteiger partial charge >= 0.3 is 0 Å². The van der Waals surface area contributed by atoms with Crippen LogP contribution < -0.4 is 0 Å². The summed E-state index contributed by atoms with van der Waals surface area (Å²) in [6.45, 7) is 6.28. The van der Waals surface area contributed by atoms with Gasteiger partial charge in [-0.05, 0) is 23.1 Å². The van der Waals surface area contributed by atoms with Crippen molar-refractivity contribution in [2.24, 2.45) is 0 Å². The molecule has 0 N–H and O–H groups in total. The zero-order valence-corrected chi connectivity index (χ0v) is 13.0. The van der Waals surface area contributed by atoms with Gasteiger partial charge in [0.15, 0.2) is 0 Å². The molecule has 0 aliphatic rings. The van der Waals surface area contributed by atoms with Crippen LogP contribution in [0.5, 0.6) is 0 Å². The average Bonchev–Trinajstić information content (AvgIpc) is 2.45. The zero-order valence-electron chi connectivity index (χ0n) is 13.0. The molecule has 0 atom stereocenters. The van der Waals surface area contributed by atoms with Gasteiger partial charge in [0, 0.05) is 21.5 Å². The molecule has 0 amide bonds. The minimum atomic E-state index is -0.281. The van der Waals surface area contributed by atoms with E-state index < -0.39 is 0 Å². The highest BCUT2D eigenvalue weighted by molar-refractivity contribution is 5.76. The molecule has 0 fully saturated rings. The van der Waals surface area contributed by atoms with E-state index in [4.69, 9.17) is 0 Å². The highest BCUT2D eigenvalue weighted by Gasteiger charge is 2.15. The second-order valence-electron chi connectivity index (χ2n) is 6.64. The van der Waals surface area contributed by atoms with E-state index >= 15 is 0 Å². The maximum Gasteiger partial charge on any atom is 0.137 e. The van der Waals surface area contributed by atoms with Crippen molar-refractivity contribution in [1.82, 2.24) is 0 Å². The molecule has 112 valence electrons. The summed E-state index contributed by atoms with van der Waals surface area (Å²) in [4.78, 5) is 0. The standard InChI is InChI=1S/C20H18F2/c1-20(2,3)17-11-15-9-7-13-5-4-6-14(18(13)21)8-10-16(12-17)19(15)22/h4-12H,1-3H3. The van der Waals surface area contributed by atoms with Crippen LogP contribution in [0.25, 0.3) is 21.5 Å². The van der Waals surface area contributed by atoms with E-state index in [9.17, 15) is 8.78 Å². The normalized spacial score (nSPS) is 11.9. The molecule has 0 spiro atoms. The van der Waals surface area contributed by atoms with Crippen molar-refractivity contribution in [3.8, 4) is 0 Å². The van der Waals surface area contributed by atoms with Gasteiger partial charge in [-0.25, -0.2) is 8.78 Å². The largest absolute Gasteiger partial charge is 0.206 e. The molecule has 3 rings (SSSR count). The predicted octanol–water partition coefficient (Wildman–Crippen LogP) is 6.13. The Kier molecular flexibility index (Phi) is 3.48. The third-order valence-electron chi connectivity index (χ3n) is 3.94. The fourth-order valence-electron chi connectivity index (χ4n) is 2.53. The minimum absolute atomic E-state index is 0.0808. The molecule has 0 saturated heterocycles. The summed E-state index contributed by atoms with van der Waals surface area (Å²) < 4.78 is 28.9. The van der Waals surface area contributed by atoms with E-state index in [1.807, 2.05) is 12.1 Å². The molecule has 0 aromatic heterocycles. The number of hydrogen-bond donors (Lipinski definition) is 0. The van der Waals surface area contributed by atoms with E-state index in [0.29, 0.717) is 21.5 Å². The summed E-state index contributed by atoms with van der Waals surface area (Å²) in [5.74, 6) is -0.553. The van der Waals surface area contributed by atoms with Gasteiger partial charge in [0.05, 0.1) is 0 Å². The van der Waals surface area contributed by atoms with E-state index in [1.54, 1.807) is 42.5 Å². The first kappa shape index (κ1) is 14.7. The monoisotopic (exact) mass is 296 g/mol. The SMILES string of the molecule is CC(C)(C)c1cc2ccc3cccc(ccc(c1)c2F)c3F. The van der Waals surface area contributed by atoms with E-state index in [1.165, 1.54) is 0 Å². The smallest absolute Gasteiger partial charge is 0.137 e. The topological polar surface area (TPSA) is 0 Å². The van der Waals surface area contributed by atoms with Gasteiger partial charge < -0.3 is 0 Å². The lowest BCUT2D eigenvalue weighted by molar-refractivity contribution is 0.588. The molecule has 0 aliphatic heterocycles. The maximum absolute atomic E-state index is 14.6. The van der Waals surface area contributed by atoms with Gasteiger partial charge in [-0.15, -0.1) is 0 Å².